The summed E-state index contributed by atoms with van der Waals surface area (Å²) in [4.78, 5) is 8.58. The number of fused-ring (bicyclic) bond motifs is 1. The molecule has 0 radical (unpaired) electrons. The first-order valence-electron chi connectivity index (χ1n) is 6.72. The van der Waals surface area contributed by atoms with Crippen LogP contribution in [0, 0.1) is 0 Å². The minimum absolute atomic E-state index is 0.549. The molecule has 104 valence electrons. The minimum Gasteiger partial charge on any atom is -0.495 e. The van der Waals surface area contributed by atoms with E-state index >= 15 is 0 Å². The summed E-state index contributed by atoms with van der Waals surface area (Å²) in [5, 5.41) is 0. The molecule has 1 aliphatic rings. The van der Waals surface area contributed by atoms with Crippen LogP contribution in [0.1, 0.15) is 24.1 Å². The number of aryl methyl sites for hydroxylation is 1. The molecule has 1 aliphatic carbocycles. The molecule has 0 unspecified atom stereocenters. The van der Waals surface area contributed by atoms with E-state index < -0.39 is 0 Å². The monoisotopic (exact) mass is 271 g/mol. The average Bonchev–Trinajstić information content (AvgIpc) is 2.48. The number of ether oxygens (including phenoxy) is 2. The molecule has 2 aromatic rings. The smallest absolute Gasteiger partial charge is 0.225 e. The summed E-state index contributed by atoms with van der Waals surface area (Å²) < 4.78 is 11.0. The predicted octanol–water partition coefficient (Wildman–Crippen LogP) is 2.74. The fourth-order valence-corrected chi connectivity index (χ4v) is 2.47. The highest BCUT2D eigenvalue weighted by molar-refractivity contribution is 5.56. The zero-order valence-electron chi connectivity index (χ0n) is 11.4. The molecule has 0 atom stereocenters. The number of methoxy groups -OCH3 is 1. The Labute approximate surface area is 117 Å². The molecule has 2 N–H and O–H groups in total. The molecule has 1 heterocycles. The van der Waals surface area contributed by atoms with Crippen LogP contribution in [-0.4, -0.2) is 17.1 Å². The third-order valence-corrected chi connectivity index (χ3v) is 3.50. The molecule has 0 fully saturated rings. The van der Waals surface area contributed by atoms with Crippen molar-refractivity contribution in [3.8, 4) is 17.4 Å². The molecule has 0 amide bonds. The van der Waals surface area contributed by atoms with Crippen molar-refractivity contribution in [2.45, 2.75) is 25.7 Å². The van der Waals surface area contributed by atoms with Gasteiger partial charge in [-0.2, -0.15) is 0 Å². The molecular weight excluding hydrogens is 254 g/mol. The highest BCUT2D eigenvalue weighted by atomic mass is 16.5. The topological polar surface area (TPSA) is 70.3 Å². The first-order chi connectivity index (χ1) is 9.78. The summed E-state index contributed by atoms with van der Waals surface area (Å²) in [5.41, 5.74) is 8.65. The van der Waals surface area contributed by atoms with E-state index in [-0.39, 0.29) is 0 Å². The van der Waals surface area contributed by atoms with Gasteiger partial charge in [0.25, 0.3) is 0 Å². The molecule has 0 saturated heterocycles. The van der Waals surface area contributed by atoms with Gasteiger partial charge in [-0.1, -0.05) is 0 Å². The standard InChI is InChI=1S/C15H17N3O2/c1-19-14-7-6-10(8-12(14)16)20-15-11-4-2-3-5-13(11)17-9-18-15/h6-9H,2-5,16H2,1H3. The molecule has 5 heteroatoms. The van der Waals surface area contributed by atoms with Gasteiger partial charge in [-0.25, -0.2) is 9.97 Å². The number of hydrogen-bond donors (Lipinski definition) is 1. The Morgan fingerprint density at radius 1 is 1.15 bits per heavy atom. The maximum atomic E-state index is 5.89. The number of nitrogens with two attached hydrogens (primary N) is 1. The van der Waals surface area contributed by atoms with Crippen LogP contribution in [-0.2, 0) is 12.8 Å². The highest BCUT2D eigenvalue weighted by Gasteiger charge is 2.17. The maximum absolute atomic E-state index is 5.89. The van der Waals surface area contributed by atoms with Crippen molar-refractivity contribution in [1.29, 1.82) is 0 Å². The lowest BCUT2D eigenvalue weighted by Crippen LogP contribution is -2.08. The Kier molecular flexibility index (Phi) is 3.41. The van der Waals surface area contributed by atoms with Crippen molar-refractivity contribution in [1.82, 2.24) is 9.97 Å². The zero-order chi connectivity index (χ0) is 13.9. The number of hydrogen-bond acceptors (Lipinski definition) is 5. The molecular formula is C15H17N3O2. The number of nitrogens with zero attached hydrogens (tertiary/aromatic N) is 2. The lowest BCUT2D eigenvalue weighted by atomic mass is 9.97. The van der Waals surface area contributed by atoms with E-state index in [9.17, 15) is 0 Å². The van der Waals surface area contributed by atoms with Crippen LogP contribution in [0.15, 0.2) is 24.5 Å². The van der Waals surface area contributed by atoms with Crippen LogP contribution in [0.5, 0.6) is 17.4 Å². The van der Waals surface area contributed by atoms with Crippen LogP contribution in [0.2, 0.25) is 0 Å². The SMILES string of the molecule is COc1ccc(Oc2ncnc3c2CCCC3)cc1N. The Hall–Kier alpha value is -2.30. The van der Waals surface area contributed by atoms with Gasteiger partial charge < -0.3 is 15.2 Å². The minimum atomic E-state index is 0.549. The van der Waals surface area contributed by atoms with Gasteiger partial charge in [0.05, 0.1) is 18.5 Å². The second-order valence-corrected chi connectivity index (χ2v) is 4.82. The normalized spacial score (nSPS) is 13.7. The Balaban J connectivity index is 1.90. The number of benzene rings is 1. The summed E-state index contributed by atoms with van der Waals surface area (Å²) in [5.74, 6) is 1.94. The molecule has 0 saturated carbocycles. The van der Waals surface area contributed by atoms with Gasteiger partial charge in [-0.15, -0.1) is 0 Å². The van der Waals surface area contributed by atoms with E-state index in [0.717, 1.165) is 30.5 Å². The first kappa shape index (κ1) is 12.7. The summed E-state index contributed by atoms with van der Waals surface area (Å²) in [6, 6.07) is 5.36. The molecule has 3 rings (SSSR count). The van der Waals surface area contributed by atoms with Crippen LogP contribution < -0.4 is 15.2 Å². The van der Waals surface area contributed by atoms with Crippen LogP contribution >= 0.6 is 0 Å². The third-order valence-electron chi connectivity index (χ3n) is 3.50. The Morgan fingerprint density at radius 2 is 2.00 bits per heavy atom. The van der Waals surface area contributed by atoms with Crippen LogP contribution in [0.4, 0.5) is 5.69 Å². The lowest BCUT2D eigenvalue weighted by molar-refractivity contribution is 0.413. The van der Waals surface area contributed by atoms with Crippen LogP contribution in [0.3, 0.4) is 0 Å². The van der Waals surface area contributed by atoms with Gasteiger partial charge in [-0.3, -0.25) is 0 Å². The van der Waals surface area contributed by atoms with Gasteiger partial charge in [0.15, 0.2) is 0 Å². The van der Waals surface area contributed by atoms with E-state index in [4.69, 9.17) is 15.2 Å². The van der Waals surface area contributed by atoms with Gasteiger partial charge in [0.1, 0.15) is 17.8 Å². The van der Waals surface area contributed by atoms with Crippen molar-refractivity contribution >= 4 is 5.69 Å². The van der Waals surface area contributed by atoms with E-state index in [1.165, 1.54) is 6.42 Å². The summed E-state index contributed by atoms with van der Waals surface area (Å²) in [7, 11) is 1.59. The molecule has 0 bridgehead atoms. The molecule has 20 heavy (non-hydrogen) atoms. The molecule has 1 aromatic carbocycles. The van der Waals surface area contributed by atoms with Crippen molar-refractivity contribution in [2.24, 2.45) is 0 Å². The number of aromatic nitrogens is 2. The Morgan fingerprint density at radius 3 is 2.80 bits per heavy atom. The van der Waals surface area contributed by atoms with Gasteiger partial charge in [-0.05, 0) is 37.8 Å². The Bertz CT molecular complexity index is 629. The lowest BCUT2D eigenvalue weighted by Gasteiger charge is -2.17. The van der Waals surface area contributed by atoms with Crippen molar-refractivity contribution in [2.75, 3.05) is 12.8 Å². The fraction of sp³-hybridized carbons (Fsp3) is 0.333. The molecule has 0 spiro atoms. The maximum Gasteiger partial charge on any atom is 0.225 e. The van der Waals surface area contributed by atoms with E-state index in [2.05, 4.69) is 9.97 Å². The second-order valence-electron chi connectivity index (χ2n) is 4.82. The van der Waals surface area contributed by atoms with Crippen molar-refractivity contribution in [3.63, 3.8) is 0 Å². The van der Waals surface area contributed by atoms with Crippen LogP contribution in [0.25, 0.3) is 0 Å². The molecule has 5 nitrogen and oxygen atoms in total. The highest BCUT2D eigenvalue weighted by Crippen LogP contribution is 2.32. The average molecular weight is 271 g/mol. The molecule has 1 aromatic heterocycles. The number of rotatable bonds is 3. The van der Waals surface area contributed by atoms with Crippen molar-refractivity contribution < 1.29 is 9.47 Å². The van der Waals surface area contributed by atoms with Crippen molar-refractivity contribution in [3.05, 3.63) is 35.8 Å². The van der Waals surface area contributed by atoms with E-state index in [1.54, 1.807) is 25.6 Å². The quantitative estimate of drug-likeness (QED) is 0.869. The first-order valence-corrected chi connectivity index (χ1v) is 6.72. The predicted molar refractivity (Wildman–Crippen MR) is 76.2 cm³/mol. The summed E-state index contributed by atoms with van der Waals surface area (Å²) in [6.07, 6.45) is 5.86. The second kappa shape index (κ2) is 5.36. The summed E-state index contributed by atoms with van der Waals surface area (Å²) >= 11 is 0. The zero-order valence-corrected chi connectivity index (χ0v) is 11.4. The number of anilines is 1. The van der Waals surface area contributed by atoms with Gasteiger partial charge in [0.2, 0.25) is 5.88 Å². The largest absolute Gasteiger partial charge is 0.495 e. The third kappa shape index (κ3) is 2.39. The fourth-order valence-electron chi connectivity index (χ4n) is 2.47. The van der Waals surface area contributed by atoms with E-state index in [0.29, 0.717) is 23.1 Å². The van der Waals surface area contributed by atoms with Gasteiger partial charge >= 0.3 is 0 Å². The molecule has 0 aliphatic heterocycles. The van der Waals surface area contributed by atoms with E-state index in [1.807, 2.05) is 6.07 Å². The number of nitrogen functional groups attached to an aromatic ring is 1. The van der Waals surface area contributed by atoms with Gasteiger partial charge in [0, 0.05) is 11.6 Å². The summed E-state index contributed by atoms with van der Waals surface area (Å²) in [6.45, 7) is 0.